The summed E-state index contributed by atoms with van der Waals surface area (Å²) in [5.41, 5.74) is 6.41. The molecule has 0 aliphatic heterocycles. The van der Waals surface area contributed by atoms with Crippen molar-refractivity contribution >= 4 is 19.8 Å². The first kappa shape index (κ1) is 22.3. The fourth-order valence-corrected chi connectivity index (χ4v) is 2.46. The van der Waals surface area contributed by atoms with Crippen LogP contribution < -0.4 is 5.73 Å². The highest BCUT2D eigenvalue weighted by molar-refractivity contribution is 7.46. The molecule has 0 aromatic heterocycles. The summed E-state index contributed by atoms with van der Waals surface area (Å²) in [4.78, 5) is 40.8. The van der Waals surface area contributed by atoms with Crippen LogP contribution in [0.25, 0.3) is 0 Å². The normalized spacial score (nSPS) is 13.7. The Kier molecular flexibility index (Phi) is 9.47. The molecule has 146 valence electrons. The van der Waals surface area contributed by atoms with Crippen molar-refractivity contribution in [3.63, 3.8) is 0 Å². The Balaban J connectivity index is 2.39. The van der Waals surface area contributed by atoms with Gasteiger partial charge in [-0.25, -0.2) is 4.57 Å². The van der Waals surface area contributed by atoms with Crippen LogP contribution in [0.1, 0.15) is 25.3 Å². The maximum absolute atomic E-state index is 11.8. The van der Waals surface area contributed by atoms with Crippen molar-refractivity contribution in [1.82, 2.24) is 0 Å². The second-order valence-corrected chi connectivity index (χ2v) is 6.85. The standard InChI is InChI=1S/C16H24NO8P/c1-12(17)16(19)24-11-14(25-26(20,21)22)10-23-15(18)9-5-8-13-6-3-2-4-7-13/h2-4,6-7,12,14H,5,8-11,17H2,1H3,(H2,20,21,22)/t12-,14?/m1/s1. The van der Waals surface area contributed by atoms with Gasteiger partial charge in [-0.15, -0.1) is 0 Å². The number of hydrogen-bond donors (Lipinski definition) is 3. The summed E-state index contributed by atoms with van der Waals surface area (Å²) >= 11 is 0. The van der Waals surface area contributed by atoms with E-state index in [1.54, 1.807) is 0 Å². The largest absolute Gasteiger partial charge is 0.470 e. The Bertz CT molecular complexity index is 616. The summed E-state index contributed by atoms with van der Waals surface area (Å²) < 4.78 is 25.1. The number of benzene rings is 1. The Morgan fingerprint density at radius 1 is 1.15 bits per heavy atom. The fourth-order valence-electron chi connectivity index (χ4n) is 1.95. The minimum absolute atomic E-state index is 0.136. The maximum Gasteiger partial charge on any atom is 0.470 e. The SMILES string of the molecule is C[C@@H](N)C(=O)OCC(COC(=O)CCCc1ccccc1)OP(=O)(O)O. The molecule has 1 aromatic carbocycles. The Labute approximate surface area is 151 Å². The second-order valence-electron chi connectivity index (χ2n) is 5.66. The van der Waals surface area contributed by atoms with Crippen LogP contribution in [0.3, 0.4) is 0 Å². The summed E-state index contributed by atoms with van der Waals surface area (Å²) in [5.74, 6) is -1.31. The molecule has 0 fully saturated rings. The molecule has 0 bridgehead atoms. The summed E-state index contributed by atoms with van der Waals surface area (Å²) in [6.07, 6.45) is 0.102. The fraction of sp³-hybridized carbons (Fsp3) is 0.500. The van der Waals surface area contributed by atoms with E-state index in [2.05, 4.69) is 4.52 Å². The van der Waals surface area contributed by atoms with Gasteiger partial charge in [-0.2, -0.15) is 0 Å². The molecule has 10 heteroatoms. The third-order valence-electron chi connectivity index (χ3n) is 3.19. The topological polar surface area (TPSA) is 145 Å². The molecule has 0 heterocycles. The molecule has 1 rings (SSSR count). The summed E-state index contributed by atoms with van der Waals surface area (Å²) in [7, 11) is -4.84. The number of aryl methyl sites for hydroxylation is 1. The van der Waals surface area contributed by atoms with Gasteiger partial charge in [0.2, 0.25) is 0 Å². The average molecular weight is 389 g/mol. The molecule has 0 amide bonds. The zero-order valence-corrected chi connectivity index (χ0v) is 15.3. The highest BCUT2D eigenvalue weighted by atomic mass is 31.2. The number of phosphoric acid groups is 1. The van der Waals surface area contributed by atoms with Crippen LogP contribution in [0.15, 0.2) is 30.3 Å². The molecule has 4 N–H and O–H groups in total. The molecule has 0 radical (unpaired) electrons. The van der Waals surface area contributed by atoms with E-state index < -0.39 is 45.1 Å². The van der Waals surface area contributed by atoms with Gasteiger partial charge in [0.1, 0.15) is 25.4 Å². The van der Waals surface area contributed by atoms with Gasteiger partial charge in [0.05, 0.1) is 0 Å². The minimum atomic E-state index is -4.84. The third-order valence-corrected chi connectivity index (χ3v) is 3.76. The van der Waals surface area contributed by atoms with E-state index in [4.69, 9.17) is 25.0 Å². The Morgan fingerprint density at radius 2 is 1.77 bits per heavy atom. The third kappa shape index (κ3) is 10.3. The van der Waals surface area contributed by atoms with Gasteiger partial charge in [0.15, 0.2) is 0 Å². The second kappa shape index (κ2) is 11.1. The molecule has 0 saturated carbocycles. The van der Waals surface area contributed by atoms with Gasteiger partial charge in [0, 0.05) is 6.42 Å². The number of hydrogen-bond acceptors (Lipinski definition) is 7. The van der Waals surface area contributed by atoms with E-state index in [1.165, 1.54) is 6.92 Å². The Hall–Kier alpha value is -1.77. The highest BCUT2D eigenvalue weighted by Gasteiger charge is 2.25. The van der Waals surface area contributed by atoms with Crippen LogP contribution in [-0.2, 0) is 34.6 Å². The molecule has 26 heavy (non-hydrogen) atoms. The van der Waals surface area contributed by atoms with Crippen molar-refractivity contribution < 1.29 is 37.9 Å². The predicted octanol–water partition coefficient (Wildman–Crippen LogP) is 0.921. The van der Waals surface area contributed by atoms with Gasteiger partial charge in [-0.05, 0) is 25.3 Å². The zero-order chi connectivity index (χ0) is 19.6. The van der Waals surface area contributed by atoms with E-state index in [0.29, 0.717) is 12.8 Å². The van der Waals surface area contributed by atoms with E-state index in [-0.39, 0.29) is 6.42 Å². The molecule has 1 aromatic rings. The summed E-state index contributed by atoms with van der Waals surface area (Å²) in [5, 5.41) is 0. The summed E-state index contributed by atoms with van der Waals surface area (Å²) in [6, 6.07) is 8.70. The minimum Gasteiger partial charge on any atom is -0.463 e. The smallest absolute Gasteiger partial charge is 0.463 e. The van der Waals surface area contributed by atoms with Crippen molar-refractivity contribution in [3.8, 4) is 0 Å². The number of rotatable bonds is 11. The lowest BCUT2D eigenvalue weighted by Gasteiger charge is -2.18. The maximum atomic E-state index is 11.8. The molecule has 9 nitrogen and oxygen atoms in total. The lowest BCUT2D eigenvalue weighted by molar-refractivity contribution is -0.152. The molecule has 0 aliphatic rings. The monoisotopic (exact) mass is 389 g/mol. The van der Waals surface area contributed by atoms with Gasteiger partial charge < -0.3 is 25.0 Å². The molecule has 1 unspecified atom stereocenters. The van der Waals surface area contributed by atoms with Crippen molar-refractivity contribution in [2.45, 2.75) is 38.3 Å². The lowest BCUT2D eigenvalue weighted by atomic mass is 10.1. The number of carbonyl (C=O) groups excluding carboxylic acids is 2. The zero-order valence-electron chi connectivity index (χ0n) is 14.4. The number of ether oxygens (including phenoxy) is 2. The first-order valence-corrected chi connectivity index (χ1v) is 9.56. The van der Waals surface area contributed by atoms with Crippen molar-refractivity contribution in [1.29, 1.82) is 0 Å². The molecule has 0 aliphatic carbocycles. The van der Waals surface area contributed by atoms with Crippen LogP contribution in [0, 0.1) is 0 Å². The predicted molar refractivity (Wildman–Crippen MR) is 91.9 cm³/mol. The van der Waals surface area contributed by atoms with Gasteiger partial charge in [0.25, 0.3) is 0 Å². The van der Waals surface area contributed by atoms with Gasteiger partial charge in [-0.3, -0.25) is 14.1 Å². The van der Waals surface area contributed by atoms with E-state index >= 15 is 0 Å². The lowest BCUT2D eigenvalue weighted by Crippen LogP contribution is -2.33. The molecule has 0 spiro atoms. The molecule has 0 saturated heterocycles. The van der Waals surface area contributed by atoms with Gasteiger partial charge in [-0.1, -0.05) is 30.3 Å². The van der Waals surface area contributed by atoms with Crippen LogP contribution in [0.4, 0.5) is 0 Å². The van der Waals surface area contributed by atoms with E-state index in [9.17, 15) is 14.2 Å². The average Bonchev–Trinajstić information content (AvgIpc) is 2.56. The van der Waals surface area contributed by atoms with Crippen LogP contribution in [-0.4, -0.2) is 47.1 Å². The number of phosphoric ester groups is 1. The Morgan fingerprint density at radius 3 is 2.35 bits per heavy atom. The molecular formula is C16H24NO8P. The highest BCUT2D eigenvalue weighted by Crippen LogP contribution is 2.37. The van der Waals surface area contributed by atoms with Gasteiger partial charge >= 0.3 is 19.8 Å². The number of nitrogens with two attached hydrogens (primary N) is 1. The number of esters is 2. The van der Waals surface area contributed by atoms with E-state index in [1.807, 2.05) is 30.3 Å². The van der Waals surface area contributed by atoms with Crippen molar-refractivity contribution in [2.75, 3.05) is 13.2 Å². The summed E-state index contributed by atoms with van der Waals surface area (Å²) in [6.45, 7) is 0.443. The quantitative estimate of drug-likeness (QED) is 0.371. The van der Waals surface area contributed by atoms with Crippen LogP contribution in [0.2, 0.25) is 0 Å². The number of carbonyl (C=O) groups is 2. The molecule has 2 atom stereocenters. The van der Waals surface area contributed by atoms with E-state index in [0.717, 1.165) is 5.56 Å². The first-order chi connectivity index (χ1) is 12.2. The van der Waals surface area contributed by atoms with Crippen LogP contribution in [0.5, 0.6) is 0 Å². The van der Waals surface area contributed by atoms with Crippen LogP contribution >= 0.6 is 7.82 Å². The molecular weight excluding hydrogens is 365 g/mol. The first-order valence-electron chi connectivity index (χ1n) is 8.03. The van der Waals surface area contributed by atoms with Crippen molar-refractivity contribution in [2.24, 2.45) is 5.73 Å². The van der Waals surface area contributed by atoms with Crippen molar-refractivity contribution in [3.05, 3.63) is 35.9 Å².